The van der Waals surface area contributed by atoms with Gasteiger partial charge in [-0.1, -0.05) is 25.6 Å². The molecule has 0 N–H and O–H groups in total. The van der Waals surface area contributed by atoms with Gasteiger partial charge < -0.3 is 14.5 Å². The second-order valence-corrected chi connectivity index (χ2v) is 11.1. The zero-order valence-electron chi connectivity index (χ0n) is 24.0. The molecule has 6 heterocycles. The molecule has 13 heteroatoms. The lowest BCUT2D eigenvalue weighted by Crippen LogP contribution is -2.58. The minimum atomic E-state index is -0.644. The van der Waals surface area contributed by atoms with Crippen LogP contribution < -0.4 is 15.3 Å². The smallest absolute Gasteiger partial charge is 0.356 e. The van der Waals surface area contributed by atoms with Crippen LogP contribution in [0, 0.1) is 5.82 Å². The molecule has 0 radical (unpaired) electrons. The monoisotopic (exact) mass is 573 g/mol. The lowest BCUT2D eigenvalue weighted by molar-refractivity contribution is -0.128. The molecule has 1 fully saturated rings. The van der Waals surface area contributed by atoms with Crippen LogP contribution in [0.2, 0.25) is 0 Å². The van der Waals surface area contributed by atoms with Crippen LogP contribution in [0.1, 0.15) is 51.4 Å². The van der Waals surface area contributed by atoms with Crippen LogP contribution in [0.15, 0.2) is 42.0 Å². The number of piperazine rings is 1. The maximum atomic E-state index is 15.9. The fourth-order valence-electron chi connectivity index (χ4n) is 5.69. The Morgan fingerprint density at radius 1 is 1.19 bits per heavy atom. The van der Waals surface area contributed by atoms with E-state index in [1.54, 1.807) is 23.4 Å². The van der Waals surface area contributed by atoms with E-state index >= 15 is 4.39 Å². The maximum Gasteiger partial charge on any atom is 0.356 e. The Bertz CT molecular complexity index is 1770. The highest BCUT2D eigenvalue weighted by Gasteiger charge is 2.34. The van der Waals surface area contributed by atoms with Gasteiger partial charge in [0.05, 0.1) is 29.6 Å². The molecule has 12 nitrogen and oxygen atoms in total. The quantitative estimate of drug-likeness (QED) is 0.340. The van der Waals surface area contributed by atoms with Gasteiger partial charge in [-0.3, -0.25) is 9.78 Å². The Balaban J connectivity index is 1.65. The predicted octanol–water partition coefficient (Wildman–Crippen LogP) is 2.96. The summed E-state index contributed by atoms with van der Waals surface area (Å²) in [6.07, 6.45) is 5.77. The second-order valence-electron chi connectivity index (χ2n) is 11.1. The topological polar surface area (TPSA) is 124 Å². The average molecular weight is 574 g/mol. The summed E-state index contributed by atoms with van der Waals surface area (Å²) in [7, 11) is 0. The van der Waals surface area contributed by atoms with Gasteiger partial charge in [0.1, 0.15) is 17.3 Å². The van der Waals surface area contributed by atoms with Crippen molar-refractivity contribution in [2.24, 2.45) is 0 Å². The van der Waals surface area contributed by atoms with Gasteiger partial charge in [0, 0.05) is 37.4 Å². The first-order valence-electron chi connectivity index (χ1n) is 14.0. The SMILES string of the molecule is C=CC(=O)N1C[C@H](C)N(c2nc(=O)n3c4nc(c(F)cc24)-n2cc(nn2)CCCOc2ccnc(C(C)C)c2-3)C[C@H]1C. The molecule has 0 aromatic carbocycles. The fraction of sp³-hybridized carbons (Fsp3) is 0.414. The zero-order valence-corrected chi connectivity index (χ0v) is 24.0. The number of carbonyl (C=O) groups is 1. The zero-order chi connectivity index (χ0) is 29.7. The van der Waals surface area contributed by atoms with Crippen molar-refractivity contribution in [1.82, 2.24) is 39.4 Å². The molecular formula is C29H32FN9O3. The van der Waals surface area contributed by atoms with Crippen LogP contribution in [-0.2, 0) is 11.2 Å². The number of aromatic nitrogens is 7. The number of ether oxygens (including phenoxy) is 1. The highest BCUT2D eigenvalue weighted by atomic mass is 19.1. The van der Waals surface area contributed by atoms with E-state index in [9.17, 15) is 9.59 Å². The van der Waals surface area contributed by atoms with Crippen molar-refractivity contribution in [2.45, 2.75) is 58.5 Å². The van der Waals surface area contributed by atoms with Gasteiger partial charge in [-0.05, 0) is 44.7 Å². The van der Waals surface area contributed by atoms with E-state index in [4.69, 9.17) is 9.72 Å². The molecule has 2 aliphatic heterocycles. The Morgan fingerprint density at radius 3 is 2.76 bits per heavy atom. The van der Waals surface area contributed by atoms with Crippen molar-refractivity contribution in [3.8, 4) is 17.3 Å². The highest BCUT2D eigenvalue weighted by molar-refractivity contribution is 5.90. The minimum absolute atomic E-state index is 0.0745. The number of hydrogen-bond acceptors (Lipinski definition) is 9. The molecule has 0 spiro atoms. The van der Waals surface area contributed by atoms with E-state index in [-0.39, 0.29) is 41.2 Å². The maximum absolute atomic E-state index is 15.9. The molecule has 1 amide bonds. The van der Waals surface area contributed by atoms with Gasteiger partial charge in [0.15, 0.2) is 17.3 Å². The molecule has 42 heavy (non-hydrogen) atoms. The van der Waals surface area contributed by atoms with Gasteiger partial charge in [-0.25, -0.2) is 18.7 Å². The molecule has 4 bridgehead atoms. The van der Waals surface area contributed by atoms with E-state index in [0.717, 1.165) is 0 Å². The first-order chi connectivity index (χ1) is 20.2. The summed E-state index contributed by atoms with van der Waals surface area (Å²) in [4.78, 5) is 44.0. The van der Waals surface area contributed by atoms with E-state index in [0.29, 0.717) is 60.7 Å². The number of halogens is 1. The third-order valence-electron chi connectivity index (χ3n) is 7.78. The van der Waals surface area contributed by atoms with Gasteiger partial charge >= 0.3 is 5.69 Å². The average Bonchev–Trinajstić information content (AvgIpc) is 3.44. The molecule has 0 aliphatic carbocycles. The first-order valence-corrected chi connectivity index (χ1v) is 14.0. The van der Waals surface area contributed by atoms with E-state index in [2.05, 4.69) is 26.9 Å². The van der Waals surface area contributed by atoms with Crippen LogP contribution >= 0.6 is 0 Å². The highest BCUT2D eigenvalue weighted by Crippen LogP contribution is 2.35. The molecule has 1 saturated heterocycles. The lowest BCUT2D eigenvalue weighted by atomic mass is 10.1. The number of fused-ring (bicyclic) bond motifs is 6. The summed E-state index contributed by atoms with van der Waals surface area (Å²) in [5.41, 5.74) is 1.28. The van der Waals surface area contributed by atoms with Crippen molar-refractivity contribution in [3.05, 3.63) is 64.9 Å². The minimum Gasteiger partial charge on any atom is -0.491 e. The van der Waals surface area contributed by atoms with Gasteiger partial charge in [-0.2, -0.15) is 9.67 Å². The summed E-state index contributed by atoms with van der Waals surface area (Å²) in [5.74, 6) is -0.237. The van der Waals surface area contributed by atoms with E-state index in [1.165, 1.54) is 21.4 Å². The number of carbonyl (C=O) groups excluding carboxylic acids is 1. The fourth-order valence-corrected chi connectivity index (χ4v) is 5.69. The number of nitrogens with zero attached hydrogens (tertiary/aromatic N) is 9. The van der Waals surface area contributed by atoms with Crippen molar-refractivity contribution in [1.29, 1.82) is 0 Å². The van der Waals surface area contributed by atoms with Gasteiger partial charge in [0.2, 0.25) is 5.91 Å². The summed E-state index contributed by atoms with van der Waals surface area (Å²) < 4.78 is 24.7. The van der Waals surface area contributed by atoms with E-state index < -0.39 is 11.5 Å². The van der Waals surface area contributed by atoms with Crippen molar-refractivity contribution in [2.75, 3.05) is 24.6 Å². The van der Waals surface area contributed by atoms with Crippen LogP contribution in [0.4, 0.5) is 10.2 Å². The normalized spacial score (nSPS) is 18.7. The van der Waals surface area contributed by atoms with Crippen LogP contribution in [-0.4, -0.2) is 77.1 Å². The number of pyridine rings is 2. The Kier molecular flexibility index (Phi) is 6.95. The largest absolute Gasteiger partial charge is 0.491 e. The third-order valence-corrected chi connectivity index (χ3v) is 7.78. The number of aryl methyl sites for hydroxylation is 1. The standard InChI is InChI=1S/C29H32FN9O3/c1-6-23(40)36-13-18(5)37(14-17(36)4)26-20-12-21(30)28-32-27(20)39(29(41)33-26)25-22(9-10-31-24(25)16(2)3)42-11-7-8-19-15-38(28)35-34-19/h6,9-10,12,15-18H,1,7-8,11,13-14H2,2-5H3/t17-,18+/m1/s1. The summed E-state index contributed by atoms with van der Waals surface area (Å²) in [6, 6.07) is 2.62. The van der Waals surface area contributed by atoms with Gasteiger partial charge in [-0.15, -0.1) is 5.10 Å². The van der Waals surface area contributed by atoms with Crippen molar-refractivity contribution in [3.63, 3.8) is 0 Å². The molecule has 2 atom stereocenters. The van der Waals surface area contributed by atoms with Crippen LogP contribution in [0.5, 0.6) is 5.75 Å². The summed E-state index contributed by atoms with van der Waals surface area (Å²) >= 11 is 0. The molecule has 0 saturated carbocycles. The second kappa shape index (κ2) is 10.6. The first kappa shape index (κ1) is 27.5. The molecule has 6 rings (SSSR count). The number of anilines is 1. The van der Waals surface area contributed by atoms with Crippen molar-refractivity contribution < 1.29 is 13.9 Å². The number of hydrogen-bond donors (Lipinski definition) is 0. The van der Waals surface area contributed by atoms with E-state index in [1.807, 2.05) is 32.6 Å². The molecule has 218 valence electrons. The predicted molar refractivity (Wildman–Crippen MR) is 154 cm³/mol. The summed E-state index contributed by atoms with van der Waals surface area (Å²) in [5, 5.41) is 8.62. The molecule has 2 aliphatic rings. The third kappa shape index (κ3) is 4.58. The Morgan fingerprint density at radius 2 is 2.00 bits per heavy atom. The van der Waals surface area contributed by atoms with Crippen LogP contribution in [0.25, 0.3) is 22.5 Å². The Labute approximate surface area is 241 Å². The van der Waals surface area contributed by atoms with Crippen LogP contribution in [0.3, 0.4) is 0 Å². The number of rotatable bonds is 3. The Hall–Kier alpha value is -4.68. The van der Waals surface area contributed by atoms with Crippen molar-refractivity contribution >= 4 is 22.8 Å². The molecule has 4 aromatic heterocycles. The molecule has 4 aromatic rings. The molecule has 0 unspecified atom stereocenters. The lowest BCUT2D eigenvalue weighted by Gasteiger charge is -2.44. The molecular weight excluding hydrogens is 541 g/mol. The summed E-state index contributed by atoms with van der Waals surface area (Å²) in [6.45, 7) is 12.5. The van der Waals surface area contributed by atoms with Gasteiger partial charge in [0.25, 0.3) is 0 Å². The number of amides is 1.